The van der Waals surface area contributed by atoms with Gasteiger partial charge in [-0.3, -0.25) is 4.18 Å². The highest BCUT2D eigenvalue weighted by atomic mass is 32.2. The summed E-state index contributed by atoms with van der Waals surface area (Å²) in [5, 5.41) is 3.51. The van der Waals surface area contributed by atoms with Crippen LogP contribution >= 0.6 is 0 Å². The monoisotopic (exact) mass is 331 g/mol. The first-order valence-electron chi connectivity index (χ1n) is 6.26. The summed E-state index contributed by atoms with van der Waals surface area (Å²) in [6.07, 6.45) is 1.77. The molecule has 0 spiro atoms. The van der Waals surface area contributed by atoms with Gasteiger partial charge in [-0.2, -0.15) is 8.42 Å². The summed E-state index contributed by atoms with van der Waals surface area (Å²) < 4.78 is 37.8. The third kappa shape index (κ3) is 5.15. The van der Waals surface area contributed by atoms with Crippen LogP contribution in [0.4, 0.5) is 0 Å². The Kier molecular flexibility index (Phi) is 6.57. The largest absolute Gasteiger partial charge is 0.466 e. The number of azide groups is 1. The molecule has 9 nitrogen and oxygen atoms in total. The Morgan fingerprint density at radius 1 is 1.64 bits per heavy atom. The summed E-state index contributed by atoms with van der Waals surface area (Å²) in [6.45, 7) is 3.59. The van der Waals surface area contributed by atoms with Gasteiger partial charge in [-0.25, -0.2) is 4.79 Å². The van der Waals surface area contributed by atoms with Gasteiger partial charge in [0.15, 0.2) is 0 Å². The molecule has 0 heterocycles. The van der Waals surface area contributed by atoms with Gasteiger partial charge >= 0.3 is 5.97 Å². The van der Waals surface area contributed by atoms with Crippen LogP contribution in [0.3, 0.4) is 0 Å². The van der Waals surface area contributed by atoms with Crippen LogP contribution in [0, 0.1) is 0 Å². The van der Waals surface area contributed by atoms with Crippen LogP contribution in [0.25, 0.3) is 10.4 Å². The van der Waals surface area contributed by atoms with E-state index in [1.165, 1.54) is 19.3 Å². The van der Waals surface area contributed by atoms with E-state index in [1.807, 2.05) is 0 Å². The minimum Gasteiger partial charge on any atom is -0.466 e. The smallest absolute Gasteiger partial charge is 0.333 e. The minimum atomic E-state index is -3.81. The molecule has 0 N–H and O–H groups in total. The lowest BCUT2D eigenvalue weighted by atomic mass is 9.90. The Balaban J connectivity index is 3.20. The number of ether oxygens (including phenoxy) is 2. The van der Waals surface area contributed by atoms with Crippen LogP contribution < -0.4 is 0 Å². The summed E-state index contributed by atoms with van der Waals surface area (Å²) in [4.78, 5) is 14.3. The molecule has 0 aromatic heterocycles. The van der Waals surface area contributed by atoms with Crippen LogP contribution in [0.5, 0.6) is 0 Å². The van der Waals surface area contributed by atoms with E-state index in [9.17, 15) is 13.2 Å². The van der Waals surface area contributed by atoms with E-state index in [0.29, 0.717) is 0 Å². The quantitative estimate of drug-likeness (QED) is 0.171. The maximum atomic E-state index is 11.7. The molecule has 1 rings (SSSR count). The number of rotatable bonds is 7. The molecule has 122 valence electrons. The standard InChI is InChI=1S/C12H17N3O6S/c1-4-5-20-10-7-8(12(16)19-2)6-9(14-15-13)11(10)21-22(3,17)18/h4,7,9-11H,1,5-6H2,2-3H3/t9-,10-,11+/m1/s1. The van der Waals surface area contributed by atoms with Gasteiger partial charge in [0.25, 0.3) is 10.1 Å². The molecule has 0 saturated heterocycles. The van der Waals surface area contributed by atoms with Gasteiger partial charge in [0.2, 0.25) is 0 Å². The molecule has 0 unspecified atom stereocenters. The van der Waals surface area contributed by atoms with Gasteiger partial charge in [0, 0.05) is 10.5 Å². The molecular weight excluding hydrogens is 314 g/mol. The molecule has 0 aromatic rings. The highest BCUT2D eigenvalue weighted by Gasteiger charge is 2.38. The Hall–Kier alpha value is -1.87. The van der Waals surface area contributed by atoms with Crippen molar-refractivity contribution < 1.29 is 26.9 Å². The molecule has 10 heteroatoms. The summed E-state index contributed by atoms with van der Waals surface area (Å²) in [5.41, 5.74) is 8.86. The Bertz CT molecular complexity index is 608. The molecular formula is C12H17N3O6S. The summed E-state index contributed by atoms with van der Waals surface area (Å²) in [7, 11) is -2.60. The number of methoxy groups -OCH3 is 1. The molecule has 0 saturated carbocycles. The zero-order chi connectivity index (χ0) is 16.8. The van der Waals surface area contributed by atoms with Gasteiger partial charge in [-0.1, -0.05) is 11.2 Å². The fraction of sp³-hybridized carbons (Fsp3) is 0.583. The third-order valence-electron chi connectivity index (χ3n) is 2.84. The average molecular weight is 331 g/mol. The van der Waals surface area contributed by atoms with Gasteiger partial charge in [-0.05, 0) is 18.0 Å². The number of esters is 1. The van der Waals surface area contributed by atoms with Crippen molar-refractivity contribution in [1.82, 2.24) is 0 Å². The van der Waals surface area contributed by atoms with Crippen LogP contribution in [0.15, 0.2) is 29.4 Å². The summed E-state index contributed by atoms with van der Waals surface area (Å²) in [6, 6.07) is -0.923. The molecule has 3 atom stereocenters. The van der Waals surface area contributed by atoms with E-state index < -0.39 is 34.3 Å². The number of carbonyl (C=O) groups excluding carboxylic acids is 1. The first kappa shape index (κ1) is 18.2. The van der Waals surface area contributed by atoms with E-state index in [4.69, 9.17) is 14.5 Å². The molecule has 0 fully saturated rings. The highest BCUT2D eigenvalue weighted by molar-refractivity contribution is 7.86. The van der Waals surface area contributed by atoms with Crippen molar-refractivity contribution in [2.24, 2.45) is 5.11 Å². The molecule has 0 aromatic carbocycles. The fourth-order valence-electron chi connectivity index (χ4n) is 2.02. The first-order valence-corrected chi connectivity index (χ1v) is 8.08. The SMILES string of the molecule is C=CCO[C@@H]1C=C(C(=O)OC)C[C@@H](N=[N+]=[N-])[C@@H]1OS(C)(=O)=O. The molecule has 0 aliphatic heterocycles. The Morgan fingerprint density at radius 3 is 2.82 bits per heavy atom. The zero-order valence-corrected chi connectivity index (χ0v) is 13.0. The Labute approximate surface area is 128 Å². The van der Waals surface area contributed by atoms with Gasteiger partial charge in [0.1, 0.15) is 12.2 Å². The van der Waals surface area contributed by atoms with Crippen molar-refractivity contribution in [2.45, 2.75) is 24.7 Å². The number of hydrogen-bond acceptors (Lipinski definition) is 7. The summed E-state index contributed by atoms with van der Waals surface area (Å²) in [5.74, 6) is -0.608. The molecule has 0 amide bonds. The third-order valence-corrected chi connectivity index (χ3v) is 3.41. The lowest BCUT2D eigenvalue weighted by molar-refractivity contribution is -0.136. The zero-order valence-electron chi connectivity index (χ0n) is 12.2. The number of nitrogens with zero attached hydrogens (tertiary/aromatic N) is 3. The van der Waals surface area contributed by atoms with E-state index in [-0.39, 0.29) is 18.6 Å². The van der Waals surface area contributed by atoms with Crippen molar-refractivity contribution in [3.8, 4) is 0 Å². The number of carbonyl (C=O) groups is 1. The van der Waals surface area contributed by atoms with Crippen molar-refractivity contribution in [3.63, 3.8) is 0 Å². The van der Waals surface area contributed by atoms with Crippen LogP contribution in [0.2, 0.25) is 0 Å². The predicted octanol–water partition coefficient (Wildman–Crippen LogP) is 1.08. The molecule has 22 heavy (non-hydrogen) atoms. The maximum absolute atomic E-state index is 11.7. The van der Waals surface area contributed by atoms with Crippen molar-refractivity contribution in [3.05, 3.63) is 34.7 Å². The predicted molar refractivity (Wildman–Crippen MR) is 77.3 cm³/mol. The lowest BCUT2D eigenvalue weighted by Gasteiger charge is -2.32. The normalized spacial score (nSPS) is 24.8. The topological polar surface area (TPSA) is 128 Å². The van der Waals surface area contributed by atoms with Crippen LogP contribution in [-0.4, -0.2) is 52.6 Å². The maximum Gasteiger partial charge on any atom is 0.333 e. The van der Waals surface area contributed by atoms with E-state index in [0.717, 1.165) is 6.26 Å². The van der Waals surface area contributed by atoms with Crippen molar-refractivity contribution in [1.29, 1.82) is 0 Å². The summed E-state index contributed by atoms with van der Waals surface area (Å²) >= 11 is 0. The molecule has 0 bridgehead atoms. The van der Waals surface area contributed by atoms with E-state index in [1.54, 1.807) is 0 Å². The van der Waals surface area contributed by atoms with Crippen molar-refractivity contribution in [2.75, 3.05) is 20.0 Å². The van der Waals surface area contributed by atoms with Gasteiger partial charge in [-0.15, -0.1) is 6.58 Å². The second kappa shape index (κ2) is 7.95. The molecule has 1 aliphatic rings. The second-order valence-electron chi connectivity index (χ2n) is 4.51. The highest BCUT2D eigenvalue weighted by Crippen LogP contribution is 2.28. The molecule has 1 aliphatic carbocycles. The van der Waals surface area contributed by atoms with E-state index in [2.05, 4.69) is 21.3 Å². The van der Waals surface area contributed by atoms with E-state index >= 15 is 0 Å². The van der Waals surface area contributed by atoms with Crippen LogP contribution in [-0.2, 0) is 28.6 Å². The average Bonchev–Trinajstić information content (AvgIpc) is 2.45. The molecule has 0 radical (unpaired) electrons. The first-order chi connectivity index (χ1) is 10.3. The van der Waals surface area contributed by atoms with Crippen molar-refractivity contribution >= 4 is 16.1 Å². The second-order valence-corrected chi connectivity index (χ2v) is 6.11. The minimum absolute atomic E-state index is 0.00906. The fourth-order valence-corrected chi connectivity index (χ4v) is 2.66. The van der Waals surface area contributed by atoms with Crippen LogP contribution in [0.1, 0.15) is 6.42 Å². The lowest BCUT2D eigenvalue weighted by Crippen LogP contribution is -2.44. The Morgan fingerprint density at radius 2 is 2.32 bits per heavy atom. The number of hydrogen-bond donors (Lipinski definition) is 0. The van der Waals surface area contributed by atoms with Gasteiger partial charge in [0.05, 0.1) is 26.0 Å². The van der Waals surface area contributed by atoms with Gasteiger partial charge < -0.3 is 9.47 Å².